The molecule has 1 unspecified atom stereocenters. The topological polar surface area (TPSA) is 74.3 Å². The molecule has 2 aliphatic rings. The van der Waals surface area contributed by atoms with Crippen LogP contribution in [0.3, 0.4) is 0 Å². The summed E-state index contributed by atoms with van der Waals surface area (Å²) in [6, 6.07) is 7.87. The van der Waals surface area contributed by atoms with Crippen molar-refractivity contribution in [1.82, 2.24) is 10.3 Å². The number of nitrogens with one attached hydrogen (secondary N) is 2. The molecule has 146 valence electrons. The van der Waals surface area contributed by atoms with Gasteiger partial charge in [-0.1, -0.05) is 18.2 Å². The van der Waals surface area contributed by atoms with Crippen molar-refractivity contribution in [2.24, 2.45) is 5.92 Å². The van der Waals surface area contributed by atoms with Gasteiger partial charge in [0, 0.05) is 12.7 Å². The van der Waals surface area contributed by atoms with Crippen LogP contribution in [0.25, 0.3) is 0 Å². The molecule has 2 amide bonds. The quantitative estimate of drug-likeness (QED) is 0.837. The second kappa shape index (κ2) is 7.26. The van der Waals surface area contributed by atoms with Gasteiger partial charge in [-0.3, -0.25) is 9.59 Å². The number of carbonyl (C=O) groups is 2. The molecule has 6 heteroatoms. The molecule has 6 nitrogen and oxygen atoms in total. The second-order valence-electron chi connectivity index (χ2n) is 7.93. The molecule has 1 aliphatic carbocycles. The molecule has 2 aromatic rings. The van der Waals surface area contributed by atoms with E-state index in [1.54, 1.807) is 17.2 Å². The number of amides is 2. The molecule has 0 saturated heterocycles. The molecule has 1 aliphatic heterocycles. The zero-order valence-electron chi connectivity index (χ0n) is 16.6. The summed E-state index contributed by atoms with van der Waals surface area (Å²) in [6.45, 7) is 7.07. The monoisotopic (exact) mass is 378 g/mol. The summed E-state index contributed by atoms with van der Waals surface area (Å²) < 4.78 is 0. The summed E-state index contributed by atoms with van der Waals surface area (Å²) >= 11 is 0. The molecular formula is C22H26N4O2. The molecule has 0 bridgehead atoms. The number of hydrogen-bond acceptors (Lipinski definition) is 4. The first-order valence-corrected chi connectivity index (χ1v) is 9.84. The first-order chi connectivity index (χ1) is 13.4. The average molecular weight is 378 g/mol. The van der Waals surface area contributed by atoms with E-state index in [1.807, 2.05) is 13.0 Å². The molecule has 1 fully saturated rings. The molecule has 1 atom stereocenters. The molecule has 1 aromatic carbocycles. The normalized spacial score (nSPS) is 17.0. The fourth-order valence-electron chi connectivity index (χ4n) is 3.46. The Kier molecular flexibility index (Phi) is 4.79. The zero-order chi connectivity index (χ0) is 19.8. The van der Waals surface area contributed by atoms with Crippen molar-refractivity contribution in [3.63, 3.8) is 0 Å². The Bertz CT molecular complexity index is 936. The van der Waals surface area contributed by atoms with Gasteiger partial charge in [-0.05, 0) is 62.3 Å². The standard InChI is InChI=1S/C22H26N4O2/c1-13-4-7-17(8-14(13)2)15(3)25-22(28)18-9-19-21(23-10-18)24-11-20(27)26(19)12-16-5-6-16/h4,7-10,15-16H,5-6,11-12H2,1-3H3,(H,23,24)(H,25,28). The number of rotatable bonds is 5. The van der Waals surface area contributed by atoms with E-state index in [4.69, 9.17) is 0 Å². The van der Waals surface area contributed by atoms with Gasteiger partial charge in [0.25, 0.3) is 5.91 Å². The third-order valence-corrected chi connectivity index (χ3v) is 5.64. The number of fused-ring (bicyclic) bond motifs is 1. The van der Waals surface area contributed by atoms with Gasteiger partial charge in [0.05, 0.1) is 23.8 Å². The van der Waals surface area contributed by atoms with Crippen molar-refractivity contribution in [2.75, 3.05) is 23.3 Å². The molecule has 2 N–H and O–H groups in total. The van der Waals surface area contributed by atoms with E-state index in [2.05, 4.69) is 41.6 Å². The van der Waals surface area contributed by atoms with Crippen LogP contribution in [0.5, 0.6) is 0 Å². The largest absolute Gasteiger partial charge is 0.359 e. The van der Waals surface area contributed by atoms with E-state index in [-0.39, 0.29) is 24.4 Å². The first kappa shape index (κ1) is 18.5. The predicted octanol–water partition coefficient (Wildman–Crippen LogP) is 3.36. The van der Waals surface area contributed by atoms with E-state index in [0.717, 1.165) is 18.4 Å². The van der Waals surface area contributed by atoms with Crippen LogP contribution < -0.4 is 15.5 Å². The Labute approximate surface area is 165 Å². The Balaban J connectivity index is 1.53. The van der Waals surface area contributed by atoms with Crippen molar-refractivity contribution < 1.29 is 9.59 Å². The number of nitrogens with zero attached hydrogens (tertiary/aromatic N) is 2. The highest BCUT2D eigenvalue weighted by Gasteiger charge is 2.32. The molecule has 28 heavy (non-hydrogen) atoms. The summed E-state index contributed by atoms with van der Waals surface area (Å²) in [6.07, 6.45) is 3.89. The predicted molar refractivity (Wildman–Crippen MR) is 110 cm³/mol. The van der Waals surface area contributed by atoms with Crippen molar-refractivity contribution in [2.45, 2.75) is 39.7 Å². The third kappa shape index (κ3) is 3.72. The van der Waals surface area contributed by atoms with Crippen LogP contribution in [0.4, 0.5) is 11.5 Å². The van der Waals surface area contributed by atoms with E-state index in [0.29, 0.717) is 29.5 Å². The fraction of sp³-hybridized carbons (Fsp3) is 0.409. The minimum atomic E-state index is -0.189. The highest BCUT2D eigenvalue weighted by Crippen LogP contribution is 2.35. The van der Waals surface area contributed by atoms with Crippen LogP contribution >= 0.6 is 0 Å². The Morgan fingerprint density at radius 3 is 2.79 bits per heavy atom. The maximum atomic E-state index is 12.8. The van der Waals surface area contributed by atoms with E-state index in [9.17, 15) is 9.59 Å². The fourth-order valence-corrected chi connectivity index (χ4v) is 3.46. The van der Waals surface area contributed by atoms with Gasteiger partial charge in [0.2, 0.25) is 5.91 Å². The average Bonchev–Trinajstić information content (AvgIpc) is 3.50. The van der Waals surface area contributed by atoms with Crippen molar-refractivity contribution >= 4 is 23.3 Å². The van der Waals surface area contributed by atoms with Crippen LogP contribution in [0.1, 0.15) is 52.9 Å². The van der Waals surface area contributed by atoms with Crippen molar-refractivity contribution in [3.05, 3.63) is 52.7 Å². The minimum absolute atomic E-state index is 0.0299. The Morgan fingerprint density at radius 2 is 2.07 bits per heavy atom. The maximum Gasteiger partial charge on any atom is 0.253 e. The van der Waals surface area contributed by atoms with Crippen LogP contribution in [-0.4, -0.2) is 29.9 Å². The van der Waals surface area contributed by atoms with Gasteiger partial charge in [-0.25, -0.2) is 4.98 Å². The van der Waals surface area contributed by atoms with E-state index >= 15 is 0 Å². The third-order valence-electron chi connectivity index (χ3n) is 5.64. The lowest BCUT2D eigenvalue weighted by Crippen LogP contribution is -2.41. The molecular weight excluding hydrogens is 352 g/mol. The molecule has 0 radical (unpaired) electrons. The number of benzene rings is 1. The SMILES string of the molecule is Cc1ccc(C(C)NC(=O)c2cnc3c(c2)N(CC2CC2)C(=O)CN3)cc1C. The maximum absolute atomic E-state index is 12.8. The summed E-state index contributed by atoms with van der Waals surface area (Å²) in [5.74, 6) is 1.07. The van der Waals surface area contributed by atoms with Gasteiger partial charge in [-0.15, -0.1) is 0 Å². The van der Waals surface area contributed by atoms with E-state index in [1.165, 1.54) is 11.1 Å². The van der Waals surface area contributed by atoms with Gasteiger partial charge >= 0.3 is 0 Å². The second-order valence-corrected chi connectivity index (χ2v) is 7.93. The summed E-state index contributed by atoms with van der Waals surface area (Å²) in [5, 5.41) is 6.09. The lowest BCUT2D eigenvalue weighted by atomic mass is 10.0. The number of aromatic nitrogens is 1. The molecule has 1 aromatic heterocycles. The number of carbonyl (C=O) groups excluding carboxylic acids is 2. The smallest absolute Gasteiger partial charge is 0.253 e. The van der Waals surface area contributed by atoms with Crippen molar-refractivity contribution in [3.8, 4) is 0 Å². The Hall–Kier alpha value is -2.89. The molecule has 2 heterocycles. The summed E-state index contributed by atoms with van der Waals surface area (Å²) in [4.78, 5) is 31.3. The molecule has 0 spiro atoms. The van der Waals surface area contributed by atoms with Gasteiger partial charge in [-0.2, -0.15) is 0 Å². The lowest BCUT2D eigenvalue weighted by molar-refractivity contribution is -0.117. The lowest BCUT2D eigenvalue weighted by Gasteiger charge is -2.29. The minimum Gasteiger partial charge on any atom is -0.359 e. The summed E-state index contributed by atoms with van der Waals surface area (Å²) in [7, 11) is 0. The highest BCUT2D eigenvalue weighted by atomic mass is 16.2. The van der Waals surface area contributed by atoms with Crippen LogP contribution in [0.15, 0.2) is 30.5 Å². The number of anilines is 2. The van der Waals surface area contributed by atoms with Crippen LogP contribution in [0, 0.1) is 19.8 Å². The summed E-state index contributed by atoms with van der Waals surface area (Å²) in [5.41, 5.74) is 4.67. The highest BCUT2D eigenvalue weighted by molar-refractivity contribution is 6.04. The number of pyridine rings is 1. The van der Waals surface area contributed by atoms with Crippen LogP contribution in [0.2, 0.25) is 0 Å². The first-order valence-electron chi connectivity index (χ1n) is 9.84. The number of aryl methyl sites for hydroxylation is 2. The van der Waals surface area contributed by atoms with Crippen molar-refractivity contribution in [1.29, 1.82) is 0 Å². The molecule has 4 rings (SSSR count). The molecule has 1 saturated carbocycles. The van der Waals surface area contributed by atoms with Gasteiger partial charge in [0.1, 0.15) is 5.82 Å². The van der Waals surface area contributed by atoms with Crippen LogP contribution in [-0.2, 0) is 4.79 Å². The zero-order valence-corrected chi connectivity index (χ0v) is 16.6. The van der Waals surface area contributed by atoms with Gasteiger partial charge in [0.15, 0.2) is 0 Å². The number of hydrogen-bond donors (Lipinski definition) is 2. The van der Waals surface area contributed by atoms with E-state index < -0.39 is 0 Å². The Morgan fingerprint density at radius 1 is 1.29 bits per heavy atom. The van der Waals surface area contributed by atoms with Gasteiger partial charge < -0.3 is 15.5 Å².